The highest BCUT2D eigenvalue weighted by molar-refractivity contribution is 6.34. The lowest BCUT2D eigenvalue weighted by Gasteiger charge is -2.00. The summed E-state index contributed by atoms with van der Waals surface area (Å²) in [5.41, 5.74) is 0.229. The van der Waals surface area contributed by atoms with E-state index >= 15 is 0 Å². The minimum absolute atomic E-state index is 0.314. The highest BCUT2D eigenvalue weighted by atomic mass is 35.5. The lowest BCUT2D eigenvalue weighted by molar-refractivity contribution is 0.833. The molecule has 0 aliphatic rings. The van der Waals surface area contributed by atoms with Gasteiger partial charge < -0.3 is 0 Å². The van der Waals surface area contributed by atoms with Crippen LogP contribution in [0.4, 0.5) is 0 Å². The second kappa shape index (κ2) is 3.72. The van der Waals surface area contributed by atoms with Crippen molar-refractivity contribution in [1.82, 2.24) is 14.8 Å². The average Bonchev–Trinajstić information content (AvgIpc) is 2.43. The maximum atomic E-state index is 11.4. The van der Waals surface area contributed by atoms with E-state index in [1.54, 1.807) is 25.1 Å². The van der Waals surface area contributed by atoms with Crippen LogP contribution in [0.1, 0.15) is 5.82 Å². The fraction of sp³-hybridized carbons (Fsp3) is 0.111. The van der Waals surface area contributed by atoms with Gasteiger partial charge in [-0.25, -0.2) is 4.79 Å². The van der Waals surface area contributed by atoms with Crippen LogP contribution in [0.15, 0.2) is 23.0 Å². The molecule has 0 aliphatic heterocycles. The Kier molecular flexibility index (Phi) is 2.54. The molecule has 6 heteroatoms. The largest absolute Gasteiger partial charge is 0.348 e. The minimum Gasteiger partial charge on any atom is -0.293 e. The maximum Gasteiger partial charge on any atom is 0.348 e. The van der Waals surface area contributed by atoms with E-state index in [2.05, 4.69) is 10.1 Å². The van der Waals surface area contributed by atoms with Crippen LogP contribution in [0.3, 0.4) is 0 Å². The third kappa shape index (κ3) is 2.06. The summed E-state index contributed by atoms with van der Waals surface area (Å²) in [6.07, 6.45) is 0. The van der Waals surface area contributed by atoms with Gasteiger partial charge in [0.15, 0.2) is 0 Å². The van der Waals surface area contributed by atoms with Crippen molar-refractivity contribution in [2.24, 2.45) is 0 Å². The number of nitrogens with one attached hydrogen (secondary N) is 1. The van der Waals surface area contributed by atoms with Crippen LogP contribution in [0.5, 0.6) is 0 Å². The first-order valence-electron chi connectivity index (χ1n) is 4.18. The highest BCUT2D eigenvalue weighted by Gasteiger charge is 2.06. The number of aryl methyl sites for hydroxylation is 1. The van der Waals surface area contributed by atoms with Gasteiger partial charge in [-0.2, -0.15) is 9.78 Å². The van der Waals surface area contributed by atoms with Gasteiger partial charge in [0.05, 0.1) is 5.69 Å². The van der Waals surface area contributed by atoms with Crippen LogP contribution in [0.2, 0.25) is 10.0 Å². The average molecular weight is 244 g/mol. The van der Waals surface area contributed by atoms with E-state index in [1.807, 2.05) is 0 Å². The summed E-state index contributed by atoms with van der Waals surface area (Å²) >= 11 is 11.6. The van der Waals surface area contributed by atoms with Gasteiger partial charge in [0, 0.05) is 10.0 Å². The van der Waals surface area contributed by atoms with E-state index in [-0.39, 0.29) is 5.69 Å². The number of halogens is 2. The zero-order chi connectivity index (χ0) is 11.0. The molecule has 0 saturated heterocycles. The smallest absolute Gasteiger partial charge is 0.293 e. The second-order valence-electron chi connectivity index (χ2n) is 3.06. The quantitative estimate of drug-likeness (QED) is 0.835. The standard InChI is InChI=1S/C9H7Cl2N3O/c1-5-12-9(15)14(13-5)8-3-6(10)2-7(11)4-8/h2-4H,1H3,(H,12,13,15). The summed E-state index contributed by atoms with van der Waals surface area (Å²) in [6, 6.07) is 4.83. The van der Waals surface area contributed by atoms with Crippen molar-refractivity contribution >= 4 is 23.2 Å². The Labute approximate surface area is 95.4 Å². The molecular formula is C9H7Cl2N3O. The summed E-state index contributed by atoms with van der Waals surface area (Å²) in [5.74, 6) is 0.538. The Bertz CT molecular complexity index is 538. The number of nitrogens with zero attached hydrogens (tertiary/aromatic N) is 2. The molecule has 0 spiro atoms. The van der Waals surface area contributed by atoms with E-state index in [1.165, 1.54) is 4.68 Å². The summed E-state index contributed by atoms with van der Waals surface area (Å²) in [7, 11) is 0. The second-order valence-corrected chi connectivity index (χ2v) is 3.93. The van der Waals surface area contributed by atoms with Crippen LogP contribution in [-0.4, -0.2) is 14.8 Å². The van der Waals surface area contributed by atoms with Gasteiger partial charge in [-0.15, -0.1) is 0 Å². The highest BCUT2D eigenvalue weighted by Crippen LogP contribution is 2.20. The lowest BCUT2D eigenvalue weighted by Crippen LogP contribution is -2.15. The third-order valence-corrected chi connectivity index (χ3v) is 2.26. The molecule has 4 nitrogen and oxygen atoms in total. The molecule has 0 unspecified atom stereocenters. The molecule has 78 valence electrons. The SMILES string of the molecule is Cc1nn(-c2cc(Cl)cc(Cl)c2)c(=O)[nH]1. The van der Waals surface area contributed by atoms with Crippen LogP contribution >= 0.6 is 23.2 Å². The molecule has 0 atom stereocenters. The molecule has 0 aliphatic carbocycles. The first-order chi connectivity index (χ1) is 7.06. The molecule has 1 aromatic heterocycles. The number of H-pyrrole nitrogens is 1. The topological polar surface area (TPSA) is 50.7 Å². The van der Waals surface area contributed by atoms with Crippen molar-refractivity contribution in [3.63, 3.8) is 0 Å². The van der Waals surface area contributed by atoms with Crippen molar-refractivity contribution in [3.05, 3.63) is 44.6 Å². The van der Waals surface area contributed by atoms with Gasteiger partial charge in [0.1, 0.15) is 5.82 Å². The van der Waals surface area contributed by atoms with E-state index < -0.39 is 0 Å². The van der Waals surface area contributed by atoms with Crippen LogP contribution in [0, 0.1) is 6.92 Å². The predicted molar refractivity (Wildman–Crippen MR) is 58.9 cm³/mol. The van der Waals surface area contributed by atoms with Crippen molar-refractivity contribution in [2.75, 3.05) is 0 Å². The summed E-state index contributed by atoms with van der Waals surface area (Å²) < 4.78 is 1.22. The monoisotopic (exact) mass is 243 g/mol. The molecule has 15 heavy (non-hydrogen) atoms. The molecule has 0 bridgehead atoms. The van der Waals surface area contributed by atoms with Gasteiger partial charge in [0.25, 0.3) is 0 Å². The number of benzene rings is 1. The molecule has 1 heterocycles. The van der Waals surface area contributed by atoms with Gasteiger partial charge >= 0.3 is 5.69 Å². The van der Waals surface area contributed by atoms with Crippen molar-refractivity contribution < 1.29 is 0 Å². The van der Waals surface area contributed by atoms with E-state index in [0.29, 0.717) is 21.6 Å². The first kappa shape index (κ1) is 10.3. The van der Waals surface area contributed by atoms with Crippen LogP contribution in [0.25, 0.3) is 5.69 Å². The van der Waals surface area contributed by atoms with E-state index in [9.17, 15) is 4.79 Å². The van der Waals surface area contributed by atoms with Crippen LogP contribution in [-0.2, 0) is 0 Å². The van der Waals surface area contributed by atoms with Crippen LogP contribution < -0.4 is 5.69 Å². The normalized spacial score (nSPS) is 10.6. The fourth-order valence-corrected chi connectivity index (χ4v) is 1.78. The van der Waals surface area contributed by atoms with E-state index in [0.717, 1.165) is 0 Å². The Morgan fingerprint density at radius 3 is 2.33 bits per heavy atom. The molecular weight excluding hydrogens is 237 g/mol. The molecule has 0 saturated carbocycles. The van der Waals surface area contributed by atoms with Crippen molar-refractivity contribution in [1.29, 1.82) is 0 Å². The zero-order valence-electron chi connectivity index (χ0n) is 7.79. The summed E-state index contributed by atoms with van der Waals surface area (Å²) in [4.78, 5) is 14.0. The van der Waals surface area contributed by atoms with Crippen molar-refractivity contribution in [3.8, 4) is 5.69 Å². The summed E-state index contributed by atoms with van der Waals surface area (Å²) in [6.45, 7) is 1.70. The predicted octanol–water partition coefficient (Wildman–Crippen LogP) is 2.18. The molecule has 0 fully saturated rings. The lowest BCUT2D eigenvalue weighted by atomic mass is 10.3. The number of hydrogen-bond acceptors (Lipinski definition) is 2. The van der Waals surface area contributed by atoms with E-state index in [4.69, 9.17) is 23.2 Å². The Hall–Kier alpha value is -1.26. The number of hydrogen-bond donors (Lipinski definition) is 1. The zero-order valence-corrected chi connectivity index (χ0v) is 9.30. The molecule has 2 aromatic rings. The maximum absolute atomic E-state index is 11.4. The Morgan fingerprint density at radius 2 is 1.87 bits per heavy atom. The molecule has 0 radical (unpaired) electrons. The summed E-state index contributed by atoms with van der Waals surface area (Å²) in [5, 5.41) is 4.92. The van der Waals surface area contributed by atoms with Crippen molar-refractivity contribution in [2.45, 2.75) is 6.92 Å². The number of aromatic amines is 1. The van der Waals surface area contributed by atoms with Gasteiger partial charge in [-0.1, -0.05) is 23.2 Å². The Balaban J connectivity index is 2.63. The van der Waals surface area contributed by atoms with Gasteiger partial charge in [-0.3, -0.25) is 4.98 Å². The molecule has 2 rings (SSSR count). The van der Waals surface area contributed by atoms with Gasteiger partial charge in [0.2, 0.25) is 0 Å². The third-order valence-electron chi connectivity index (χ3n) is 1.82. The first-order valence-corrected chi connectivity index (χ1v) is 4.94. The Morgan fingerprint density at radius 1 is 1.27 bits per heavy atom. The number of rotatable bonds is 1. The molecule has 0 amide bonds. The minimum atomic E-state index is -0.314. The molecule has 1 aromatic carbocycles. The van der Waals surface area contributed by atoms with Gasteiger partial charge in [-0.05, 0) is 25.1 Å². The fourth-order valence-electron chi connectivity index (χ4n) is 1.26. The molecule has 1 N–H and O–H groups in total. The number of aromatic nitrogens is 3.